The molecule has 0 aliphatic rings. The maximum Gasteiger partial charge on any atom is 0.306 e. The highest BCUT2D eigenvalue weighted by molar-refractivity contribution is 5.71. The Kier molecular flexibility index (Phi) is 64.3. The Morgan fingerprint density at radius 2 is 0.506 bits per heavy atom. The van der Waals surface area contributed by atoms with E-state index >= 15 is 0 Å². The van der Waals surface area contributed by atoms with Crippen LogP contribution in [-0.4, -0.2) is 37.2 Å². The Morgan fingerprint density at radius 1 is 0.259 bits per heavy atom. The van der Waals surface area contributed by atoms with E-state index in [0.29, 0.717) is 19.3 Å². The molecule has 81 heavy (non-hydrogen) atoms. The maximum absolute atomic E-state index is 12.9. The van der Waals surface area contributed by atoms with Gasteiger partial charge in [0.1, 0.15) is 13.2 Å². The highest BCUT2D eigenvalue weighted by Crippen LogP contribution is 2.17. The monoisotopic (exact) mass is 1120 g/mol. The van der Waals surface area contributed by atoms with Crippen LogP contribution in [0.25, 0.3) is 0 Å². The highest BCUT2D eigenvalue weighted by atomic mass is 16.6. The number of unbranched alkanes of at least 4 members (excludes halogenated alkanes) is 27. The second kappa shape index (κ2) is 68.1. The minimum Gasteiger partial charge on any atom is -0.462 e. The fourth-order valence-electron chi connectivity index (χ4n) is 9.20. The molecule has 6 heteroatoms. The summed E-state index contributed by atoms with van der Waals surface area (Å²) in [6.07, 6.45) is 96.3. The van der Waals surface area contributed by atoms with Gasteiger partial charge in [-0.25, -0.2) is 0 Å². The number of rotatable bonds is 60. The molecular formula is C75H124O6. The third-order valence-corrected chi connectivity index (χ3v) is 14.2. The van der Waals surface area contributed by atoms with Crippen LogP contribution in [0.1, 0.15) is 303 Å². The summed E-state index contributed by atoms with van der Waals surface area (Å²) < 4.78 is 16.9. The van der Waals surface area contributed by atoms with E-state index in [1.54, 1.807) is 0 Å². The van der Waals surface area contributed by atoms with E-state index in [-0.39, 0.29) is 31.6 Å². The summed E-state index contributed by atoms with van der Waals surface area (Å²) in [7, 11) is 0. The lowest BCUT2D eigenvalue weighted by Crippen LogP contribution is -2.30. The minimum atomic E-state index is -0.838. The van der Waals surface area contributed by atoms with Crippen molar-refractivity contribution in [1.82, 2.24) is 0 Å². The first-order valence-corrected chi connectivity index (χ1v) is 33.7. The molecular weight excluding hydrogens is 997 g/mol. The average molecular weight is 1120 g/mol. The third kappa shape index (κ3) is 66.2. The first-order valence-electron chi connectivity index (χ1n) is 33.7. The molecule has 0 saturated heterocycles. The molecule has 1 atom stereocenters. The lowest BCUT2D eigenvalue weighted by molar-refractivity contribution is -0.166. The van der Waals surface area contributed by atoms with E-state index in [1.165, 1.54) is 141 Å². The molecule has 0 spiro atoms. The minimum absolute atomic E-state index is 0.121. The van der Waals surface area contributed by atoms with E-state index in [9.17, 15) is 14.4 Å². The first kappa shape index (κ1) is 76.5. The zero-order valence-electron chi connectivity index (χ0n) is 52.8. The van der Waals surface area contributed by atoms with Gasteiger partial charge in [0.2, 0.25) is 0 Å². The van der Waals surface area contributed by atoms with Crippen LogP contribution in [0.2, 0.25) is 0 Å². The van der Waals surface area contributed by atoms with E-state index in [1.807, 2.05) is 6.08 Å². The molecule has 0 heterocycles. The number of ether oxygens (including phenoxy) is 3. The van der Waals surface area contributed by atoms with Crippen LogP contribution in [0.5, 0.6) is 0 Å². The molecule has 1 unspecified atom stereocenters. The number of esters is 3. The predicted molar refractivity (Wildman–Crippen MR) is 353 cm³/mol. The quantitative estimate of drug-likeness (QED) is 0.0261. The van der Waals surface area contributed by atoms with Gasteiger partial charge in [-0.1, -0.05) is 315 Å². The van der Waals surface area contributed by atoms with Gasteiger partial charge in [-0.3, -0.25) is 14.4 Å². The van der Waals surface area contributed by atoms with Gasteiger partial charge in [-0.15, -0.1) is 0 Å². The fourth-order valence-corrected chi connectivity index (χ4v) is 9.20. The fraction of sp³-hybridized carbons (Fsp3) is 0.667. The van der Waals surface area contributed by atoms with Crippen molar-refractivity contribution in [3.63, 3.8) is 0 Å². The molecule has 0 fully saturated rings. The Balaban J connectivity index is 4.47. The SMILES string of the molecule is CC/C=C\C/C=C\C/C=C\C/C=C\C/C=C\C/C=C\CCC(=O)OC(COC(=O)CCCCC/C=C\C/C=C\C/C=C\C/C=C\C/C=C\CC)COC(=O)CCCCCCCCCCCCCCCCCCCCCCCCCCC. The molecule has 6 nitrogen and oxygen atoms in total. The first-order chi connectivity index (χ1) is 40.0. The summed E-state index contributed by atoms with van der Waals surface area (Å²) in [5.74, 6) is -1.03. The molecule has 0 aromatic rings. The zero-order chi connectivity index (χ0) is 58.5. The van der Waals surface area contributed by atoms with Gasteiger partial charge >= 0.3 is 17.9 Å². The van der Waals surface area contributed by atoms with Crippen LogP contribution in [0.3, 0.4) is 0 Å². The molecule has 0 aromatic carbocycles. The van der Waals surface area contributed by atoms with E-state index in [0.717, 1.165) is 116 Å². The molecule has 0 aliphatic carbocycles. The van der Waals surface area contributed by atoms with Gasteiger partial charge in [0, 0.05) is 19.3 Å². The van der Waals surface area contributed by atoms with Crippen molar-refractivity contribution >= 4 is 17.9 Å². The summed E-state index contributed by atoms with van der Waals surface area (Å²) in [6, 6.07) is 0. The van der Waals surface area contributed by atoms with Crippen molar-refractivity contribution in [2.45, 2.75) is 309 Å². The largest absolute Gasteiger partial charge is 0.462 e. The molecule has 0 rings (SSSR count). The molecule has 0 N–H and O–H groups in total. The molecule has 0 bridgehead atoms. The summed E-state index contributed by atoms with van der Waals surface area (Å²) in [6.45, 7) is 6.35. The van der Waals surface area contributed by atoms with Gasteiger partial charge in [0.05, 0.1) is 0 Å². The molecule has 0 saturated carbocycles. The lowest BCUT2D eigenvalue weighted by atomic mass is 10.0. The summed E-state index contributed by atoms with van der Waals surface area (Å²) >= 11 is 0. The van der Waals surface area contributed by atoms with Crippen molar-refractivity contribution in [3.8, 4) is 0 Å². The average Bonchev–Trinajstić information content (AvgIpc) is 3.47. The van der Waals surface area contributed by atoms with Crippen molar-refractivity contribution in [1.29, 1.82) is 0 Å². The van der Waals surface area contributed by atoms with Crippen molar-refractivity contribution < 1.29 is 28.6 Å². The molecule has 0 aliphatic heterocycles. The van der Waals surface area contributed by atoms with Crippen LogP contribution >= 0.6 is 0 Å². The molecule has 0 radical (unpaired) electrons. The lowest BCUT2D eigenvalue weighted by Gasteiger charge is -2.18. The number of carbonyl (C=O) groups excluding carboxylic acids is 3. The molecule has 0 amide bonds. The van der Waals surface area contributed by atoms with Crippen LogP contribution in [0, 0.1) is 0 Å². The van der Waals surface area contributed by atoms with E-state index in [4.69, 9.17) is 14.2 Å². The second-order valence-corrected chi connectivity index (χ2v) is 22.0. The Hall–Kier alpha value is -4.45. The molecule has 460 valence electrons. The highest BCUT2D eigenvalue weighted by Gasteiger charge is 2.19. The number of carbonyl (C=O) groups is 3. The Bertz CT molecular complexity index is 1720. The van der Waals surface area contributed by atoms with Crippen molar-refractivity contribution in [3.05, 3.63) is 134 Å². The third-order valence-electron chi connectivity index (χ3n) is 14.2. The van der Waals surface area contributed by atoms with Crippen LogP contribution in [0.4, 0.5) is 0 Å². The smallest absolute Gasteiger partial charge is 0.306 e. The maximum atomic E-state index is 12.9. The van der Waals surface area contributed by atoms with Crippen LogP contribution < -0.4 is 0 Å². The van der Waals surface area contributed by atoms with E-state index in [2.05, 4.69) is 148 Å². The second-order valence-electron chi connectivity index (χ2n) is 22.0. The predicted octanol–water partition coefficient (Wildman–Crippen LogP) is 23.3. The summed E-state index contributed by atoms with van der Waals surface area (Å²) in [4.78, 5) is 38.4. The van der Waals surface area contributed by atoms with Crippen LogP contribution in [0.15, 0.2) is 134 Å². The zero-order valence-corrected chi connectivity index (χ0v) is 52.8. The number of hydrogen-bond acceptors (Lipinski definition) is 6. The standard InChI is InChI=1S/C75H124O6/c1-4-7-10-13-16-19-22-25-28-31-34-35-36-37-38-39-42-44-47-50-53-56-59-62-65-68-74(77)80-71-72(81-75(78)69-66-63-60-57-54-51-48-45-41-33-30-27-24-21-18-15-12-9-6-3)70-79-73(76)67-64-61-58-55-52-49-46-43-40-32-29-26-23-20-17-14-11-8-5-2/h8-9,11-12,17-18,20-21,26-27,29-30,40-41,43,45,49,51-52,54,60,63,72H,4-7,10,13-16,19,22-25,28,31-39,42,44,46-48,50,53,55-59,61-62,64-71H2,1-3H3/b11-8-,12-9-,20-17-,21-18-,29-26-,30-27-,43-40-,45-41-,52-49-,54-51-,63-60-. The Morgan fingerprint density at radius 3 is 0.802 bits per heavy atom. The number of allylic oxidation sites excluding steroid dienone is 22. The summed E-state index contributed by atoms with van der Waals surface area (Å²) in [5.41, 5.74) is 0. The van der Waals surface area contributed by atoms with E-state index < -0.39 is 12.1 Å². The topological polar surface area (TPSA) is 78.9 Å². The van der Waals surface area contributed by atoms with Gasteiger partial charge < -0.3 is 14.2 Å². The van der Waals surface area contributed by atoms with Gasteiger partial charge in [-0.05, 0) is 103 Å². The van der Waals surface area contributed by atoms with Gasteiger partial charge in [0.25, 0.3) is 0 Å². The van der Waals surface area contributed by atoms with Crippen LogP contribution in [-0.2, 0) is 28.6 Å². The van der Waals surface area contributed by atoms with Gasteiger partial charge in [0.15, 0.2) is 6.10 Å². The number of hydrogen-bond donors (Lipinski definition) is 0. The van der Waals surface area contributed by atoms with Crippen molar-refractivity contribution in [2.24, 2.45) is 0 Å². The summed E-state index contributed by atoms with van der Waals surface area (Å²) in [5, 5.41) is 0. The Labute approximate surface area is 500 Å². The van der Waals surface area contributed by atoms with Crippen molar-refractivity contribution in [2.75, 3.05) is 13.2 Å². The normalized spacial score (nSPS) is 13.0. The molecule has 0 aromatic heterocycles. The van der Waals surface area contributed by atoms with Gasteiger partial charge in [-0.2, -0.15) is 0 Å².